The van der Waals surface area contributed by atoms with Crippen molar-refractivity contribution < 1.29 is 48.0 Å². The van der Waals surface area contributed by atoms with Gasteiger partial charge in [-0.1, -0.05) is 6.07 Å². The van der Waals surface area contributed by atoms with Crippen molar-refractivity contribution in [1.29, 1.82) is 5.26 Å². The van der Waals surface area contributed by atoms with Crippen molar-refractivity contribution in [2.75, 3.05) is 38.4 Å². The molecule has 14 nitrogen and oxygen atoms in total. The number of nitrogens with one attached hydrogen (secondary N) is 2. The van der Waals surface area contributed by atoms with E-state index in [2.05, 4.69) is 10.6 Å². The maximum absolute atomic E-state index is 13.1. The molecule has 2 atom stereocenters. The highest BCUT2D eigenvalue weighted by molar-refractivity contribution is 14.1. The van der Waals surface area contributed by atoms with Crippen LogP contribution in [-0.4, -0.2) is 84.2 Å². The second-order valence-electron chi connectivity index (χ2n) is 11.2. The van der Waals surface area contributed by atoms with Crippen molar-refractivity contribution in [2.24, 2.45) is 0 Å². The molecule has 15 heteroatoms. The summed E-state index contributed by atoms with van der Waals surface area (Å²) in [5.41, 5.74) is -0.868. The first kappa shape index (κ1) is 35.3. The van der Waals surface area contributed by atoms with E-state index in [1.807, 2.05) is 28.7 Å². The maximum atomic E-state index is 13.1. The minimum Gasteiger partial charge on any atom is -0.491 e. The molecule has 0 aromatic heterocycles. The lowest BCUT2D eigenvalue weighted by atomic mass is 10.0. The van der Waals surface area contributed by atoms with E-state index in [4.69, 9.17) is 18.9 Å². The Morgan fingerprint density at radius 3 is 2.39 bits per heavy atom. The highest BCUT2D eigenvalue weighted by atomic mass is 127. The third-order valence-corrected chi connectivity index (χ3v) is 8.53. The van der Waals surface area contributed by atoms with Crippen molar-refractivity contribution in [2.45, 2.75) is 31.4 Å². The SMILES string of the molecule is C[C@](O)(COc1ccc(OCCOCCOc2cccc3c2C(=O)N(C2CCC(=O)NC2=O)C3=O)cc1)C(=O)Nc1ccc(I)c(C#N)c1. The standard InChI is InChI=1S/C34H31IN4O10/c1-34(45,33(44)37-21-5-10-25(35)20(17-21)18-36)19-49-23-8-6-22(7-9-23)47-15-13-46-14-16-48-27-4-2-3-24-29(27)32(43)39(31(24)42)26-11-12-28(40)38-30(26)41/h2-10,17,26,45H,11-16,19H2,1H3,(H,37,44)(H,38,40,41)/t26?,34-/m0/s1. The van der Waals surface area contributed by atoms with Gasteiger partial charge in [-0.2, -0.15) is 5.26 Å². The first-order chi connectivity index (χ1) is 23.5. The number of hydrogen-bond acceptors (Lipinski definition) is 11. The van der Waals surface area contributed by atoms with Crippen molar-refractivity contribution >= 4 is 57.8 Å². The minimum atomic E-state index is -1.85. The minimum absolute atomic E-state index is 0.0300. The van der Waals surface area contributed by atoms with Gasteiger partial charge in [0.05, 0.1) is 29.9 Å². The van der Waals surface area contributed by atoms with E-state index < -0.39 is 41.2 Å². The van der Waals surface area contributed by atoms with Crippen LogP contribution in [0.25, 0.3) is 0 Å². The van der Waals surface area contributed by atoms with E-state index in [0.717, 1.165) is 8.47 Å². The van der Waals surface area contributed by atoms with Crippen molar-refractivity contribution in [3.05, 3.63) is 80.9 Å². The highest BCUT2D eigenvalue weighted by Crippen LogP contribution is 2.33. The number of amides is 5. The van der Waals surface area contributed by atoms with Crippen LogP contribution in [0.3, 0.4) is 0 Å². The summed E-state index contributed by atoms with van der Waals surface area (Å²) in [5.74, 6) is -1.95. The summed E-state index contributed by atoms with van der Waals surface area (Å²) >= 11 is 2.02. The molecule has 3 aromatic carbocycles. The van der Waals surface area contributed by atoms with Gasteiger partial charge in [0.25, 0.3) is 17.7 Å². The fourth-order valence-electron chi connectivity index (χ4n) is 5.01. The molecule has 3 aromatic rings. The number of rotatable bonds is 14. The summed E-state index contributed by atoms with van der Waals surface area (Å²) in [7, 11) is 0. The number of nitriles is 1. The van der Waals surface area contributed by atoms with E-state index >= 15 is 0 Å². The van der Waals surface area contributed by atoms with Gasteiger partial charge in [-0.25, -0.2) is 0 Å². The zero-order chi connectivity index (χ0) is 35.1. The number of carbonyl (C=O) groups excluding carboxylic acids is 5. The van der Waals surface area contributed by atoms with Gasteiger partial charge in [0, 0.05) is 15.7 Å². The number of anilines is 1. The molecule has 3 N–H and O–H groups in total. The lowest BCUT2D eigenvalue weighted by molar-refractivity contribution is -0.136. The van der Waals surface area contributed by atoms with Gasteiger partial charge >= 0.3 is 0 Å². The molecule has 2 heterocycles. The molecule has 2 aliphatic heterocycles. The predicted octanol–water partition coefficient (Wildman–Crippen LogP) is 2.81. The van der Waals surface area contributed by atoms with Crippen molar-refractivity contribution in [3.8, 4) is 23.3 Å². The van der Waals surface area contributed by atoms with Crippen molar-refractivity contribution in [3.63, 3.8) is 0 Å². The third kappa shape index (κ3) is 8.34. The summed E-state index contributed by atoms with van der Waals surface area (Å²) in [5, 5.41) is 24.6. The van der Waals surface area contributed by atoms with Crippen LogP contribution in [0.5, 0.6) is 17.2 Å². The normalized spacial score (nSPS) is 16.7. The van der Waals surface area contributed by atoms with Gasteiger partial charge in [-0.3, -0.25) is 34.2 Å². The molecule has 254 valence electrons. The van der Waals surface area contributed by atoms with Gasteiger partial charge in [-0.15, -0.1) is 0 Å². The number of hydrogen-bond donors (Lipinski definition) is 3. The summed E-state index contributed by atoms with van der Waals surface area (Å²) in [6, 6.07) is 17.0. The first-order valence-corrected chi connectivity index (χ1v) is 16.2. The Morgan fingerprint density at radius 1 is 1.00 bits per heavy atom. The van der Waals surface area contributed by atoms with Gasteiger partial charge in [0.1, 0.15) is 49.2 Å². The second kappa shape index (κ2) is 15.4. The smallest absolute Gasteiger partial charge is 0.266 e. The summed E-state index contributed by atoms with van der Waals surface area (Å²) in [6.45, 7) is 1.69. The average Bonchev–Trinajstić information content (AvgIpc) is 3.34. The highest BCUT2D eigenvalue weighted by Gasteiger charge is 2.46. The Morgan fingerprint density at radius 2 is 1.69 bits per heavy atom. The van der Waals surface area contributed by atoms with Gasteiger partial charge in [0.15, 0.2) is 5.60 Å². The van der Waals surface area contributed by atoms with E-state index in [1.165, 1.54) is 19.1 Å². The van der Waals surface area contributed by atoms with E-state index in [-0.39, 0.29) is 62.8 Å². The van der Waals surface area contributed by atoms with Crippen LogP contribution in [0.15, 0.2) is 60.7 Å². The Kier molecular flexibility index (Phi) is 11.1. The predicted molar refractivity (Wildman–Crippen MR) is 180 cm³/mol. The van der Waals surface area contributed by atoms with Crippen LogP contribution >= 0.6 is 22.6 Å². The zero-order valence-corrected chi connectivity index (χ0v) is 28.4. The van der Waals surface area contributed by atoms with Gasteiger partial charge < -0.3 is 29.4 Å². The number of nitrogens with zero attached hydrogens (tertiary/aromatic N) is 2. The van der Waals surface area contributed by atoms with Crippen LogP contribution in [0.4, 0.5) is 5.69 Å². The monoisotopic (exact) mass is 782 g/mol. The number of halogens is 1. The van der Waals surface area contributed by atoms with Crippen LogP contribution in [-0.2, 0) is 19.1 Å². The summed E-state index contributed by atoms with van der Waals surface area (Å²) in [4.78, 5) is 63.4. The Balaban J connectivity index is 1.01. The van der Waals surface area contributed by atoms with Crippen LogP contribution in [0.1, 0.15) is 46.0 Å². The number of piperidine rings is 1. The first-order valence-electron chi connectivity index (χ1n) is 15.1. The molecule has 0 radical (unpaired) electrons. The topological polar surface area (TPSA) is 194 Å². The summed E-state index contributed by atoms with van der Waals surface area (Å²) in [6.07, 6.45) is 0.0910. The number of fused-ring (bicyclic) bond motifs is 1. The van der Waals surface area contributed by atoms with Crippen LogP contribution in [0, 0.1) is 14.9 Å². The van der Waals surface area contributed by atoms with Crippen molar-refractivity contribution in [1.82, 2.24) is 10.2 Å². The molecule has 0 spiro atoms. The van der Waals surface area contributed by atoms with E-state index in [9.17, 15) is 34.3 Å². The lowest BCUT2D eigenvalue weighted by Gasteiger charge is -2.27. The number of carbonyl (C=O) groups is 5. The molecule has 1 unspecified atom stereocenters. The molecule has 5 amide bonds. The van der Waals surface area contributed by atoms with Gasteiger partial charge in [-0.05, 0) is 90.5 Å². The molecule has 1 fully saturated rings. The third-order valence-electron chi connectivity index (χ3n) is 7.59. The Bertz CT molecular complexity index is 1820. The molecule has 49 heavy (non-hydrogen) atoms. The van der Waals surface area contributed by atoms with Crippen LogP contribution in [0.2, 0.25) is 0 Å². The fourth-order valence-corrected chi connectivity index (χ4v) is 5.47. The number of imide groups is 2. The second-order valence-corrected chi connectivity index (χ2v) is 12.4. The molecule has 1 saturated heterocycles. The maximum Gasteiger partial charge on any atom is 0.266 e. The zero-order valence-electron chi connectivity index (χ0n) is 26.2. The summed E-state index contributed by atoms with van der Waals surface area (Å²) < 4.78 is 23.3. The molecular weight excluding hydrogens is 751 g/mol. The number of benzene rings is 3. The Labute approximate surface area is 294 Å². The molecule has 5 rings (SSSR count). The molecule has 0 saturated carbocycles. The average molecular weight is 783 g/mol. The largest absolute Gasteiger partial charge is 0.491 e. The lowest BCUT2D eigenvalue weighted by Crippen LogP contribution is -2.54. The molecule has 0 bridgehead atoms. The van der Waals surface area contributed by atoms with Crippen LogP contribution < -0.4 is 24.8 Å². The quantitative estimate of drug-likeness (QED) is 0.124. The van der Waals surface area contributed by atoms with Gasteiger partial charge in [0.2, 0.25) is 11.8 Å². The molecule has 0 aliphatic carbocycles. The molecule has 2 aliphatic rings. The van der Waals surface area contributed by atoms with E-state index in [1.54, 1.807) is 48.5 Å². The van der Waals surface area contributed by atoms with E-state index in [0.29, 0.717) is 22.7 Å². The molecular formula is C34H31IN4O10. The fraction of sp³-hybridized carbons (Fsp3) is 0.294. The Hall–Kier alpha value is -5.05. The number of aliphatic hydroxyl groups is 1. The number of ether oxygens (including phenoxy) is 4.